The third-order valence-electron chi connectivity index (χ3n) is 4.86. The lowest BCUT2D eigenvalue weighted by Gasteiger charge is -2.32. The minimum atomic E-state index is 0.620. The van der Waals surface area contributed by atoms with Gasteiger partial charge in [0, 0.05) is 45.0 Å². The summed E-state index contributed by atoms with van der Waals surface area (Å²) in [5, 5.41) is 3.44. The van der Waals surface area contributed by atoms with Gasteiger partial charge in [-0.3, -0.25) is 9.88 Å². The van der Waals surface area contributed by atoms with E-state index >= 15 is 0 Å². The number of morpholine rings is 1. The van der Waals surface area contributed by atoms with Crippen LogP contribution in [0.3, 0.4) is 0 Å². The van der Waals surface area contributed by atoms with Gasteiger partial charge in [0.15, 0.2) is 5.96 Å². The Kier molecular flexibility index (Phi) is 6.04. The second-order valence-electron chi connectivity index (χ2n) is 6.47. The molecule has 0 bridgehead atoms. The smallest absolute Gasteiger partial charge is 0.194 e. The maximum atomic E-state index is 5.47. The van der Waals surface area contributed by atoms with Crippen molar-refractivity contribution in [3.63, 3.8) is 0 Å². The molecule has 2 fully saturated rings. The summed E-state index contributed by atoms with van der Waals surface area (Å²) in [4.78, 5) is 14.2. The molecule has 0 amide bonds. The predicted molar refractivity (Wildman–Crippen MR) is 96.2 cm³/mol. The molecule has 1 atom stereocenters. The number of guanidine groups is 1. The Balaban J connectivity index is 1.63. The molecule has 3 heterocycles. The maximum absolute atomic E-state index is 5.47. The molecule has 0 aliphatic carbocycles. The average molecular weight is 331 g/mol. The SMILES string of the molecule is CCNC(=NCc1ncccc1C)N1CCC(N2CCOCC2)C1. The number of hydrogen-bond donors (Lipinski definition) is 1. The minimum absolute atomic E-state index is 0.620. The summed E-state index contributed by atoms with van der Waals surface area (Å²) in [6.45, 7) is 11.7. The fourth-order valence-electron chi connectivity index (χ4n) is 3.43. The molecular weight excluding hydrogens is 302 g/mol. The number of nitrogens with one attached hydrogen (secondary N) is 1. The predicted octanol–water partition coefficient (Wildman–Crippen LogP) is 1.26. The van der Waals surface area contributed by atoms with Crippen molar-refractivity contribution in [1.82, 2.24) is 20.1 Å². The number of rotatable bonds is 4. The van der Waals surface area contributed by atoms with Crippen LogP contribution in [0.5, 0.6) is 0 Å². The van der Waals surface area contributed by atoms with Crippen LogP contribution in [0.4, 0.5) is 0 Å². The molecule has 0 saturated carbocycles. The second kappa shape index (κ2) is 8.44. The van der Waals surface area contributed by atoms with Crippen LogP contribution in [-0.4, -0.2) is 72.7 Å². The number of pyridine rings is 1. The normalized spacial score (nSPS) is 22.8. The van der Waals surface area contributed by atoms with E-state index in [0.29, 0.717) is 12.6 Å². The van der Waals surface area contributed by atoms with Crippen LogP contribution < -0.4 is 5.32 Å². The largest absolute Gasteiger partial charge is 0.379 e. The summed E-state index contributed by atoms with van der Waals surface area (Å²) in [7, 11) is 0. The van der Waals surface area contributed by atoms with Crippen molar-refractivity contribution >= 4 is 5.96 Å². The van der Waals surface area contributed by atoms with E-state index in [0.717, 1.165) is 57.6 Å². The maximum Gasteiger partial charge on any atom is 0.194 e. The van der Waals surface area contributed by atoms with Gasteiger partial charge in [-0.1, -0.05) is 6.07 Å². The molecule has 6 nitrogen and oxygen atoms in total. The van der Waals surface area contributed by atoms with E-state index in [9.17, 15) is 0 Å². The van der Waals surface area contributed by atoms with Crippen LogP contribution in [0.2, 0.25) is 0 Å². The Bertz CT molecular complexity index is 556. The highest BCUT2D eigenvalue weighted by molar-refractivity contribution is 5.80. The fraction of sp³-hybridized carbons (Fsp3) is 0.667. The number of nitrogens with zero attached hydrogens (tertiary/aromatic N) is 4. The lowest BCUT2D eigenvalue weighted by atomic mass is 10.2. The van der Waals surface area contributed by atoms with Crippen LogP contribution in [0.25, 0.3) is 0 Å². The first-order chi connectivity index (χ1) is 11.8. The Morgan fingerprint density at radius 1 is 1.38 bits per heavy atom. The molecule has 2 aliphatic heterocycles. The van der Waals surface area contributed by atoms with Crippen molar-refractivity contribution in [2.45, 2.75) is 32.9 Å². The number of aromatic nitrogens is 1. The van der Waals surface area contributed by atoms with Gasteiger partial charge in [-0.2, -0.15) is 0 Å². The number of ether oxygens (including phenoxy) is 1. The first-order valence-corrected chi connectivity index (χ1v) is 9.03. The summed E-state index contributed by atoms with van der Waals surface area (Å²) in [6.07, 6.45) is 3.04. The van der Waals surface area contributed by atoms with Crippen molar-refractivity contribution < 1.29 is 4.74 Å². The fourth-order valence-corrected chi connectivity index (χ4v) is 3.43. The van der Waals surface area contributed by atoms with Crippen LogP contribution in [0.1, 0.15) is 24.6 Å². The molecule has 2 aliphatic rings. The van der Waals surface area contributed by atoms with Gasteiger partial charge in [-0.05, 0) is 31.9 Å². The molecule has 24 heavy (non-hydrogen) atoms. The van der Waals surface area contributed by atoms with Gasteiger partial charge in [0.25, 0.3) is 0 Å². The number of likely N-dealkylation sites (tertiary alicyclic amines) is 1. The second-order valence-corrected chi connectivity index (χ2v) is 6.47. The lowest BCUT2D eigenvalue weighted by molar-refractivity contribution is 0.0195. The van der Waals surface area contributed by atoms with E-state index in [1.54, 1.807) is 0 Å². The molecule has 1 aromatic heterocycles. The minimum Gasteiger partial charge on any atom is -0.379 e. The molecule has 0 radical (unpaired) electrons. The van der Waals surface area contributed by atoms with E-state index in [1.165, 1.54) is 12.0 Å². The highest BCUT2D eigenvalue weighted by atomic mass is 16.5. The quantitative estimate of drug-likeness (QED) is 0.665. The third-order valence-corrected chi connectivity index (χ3v) is 4.86. The molecule has 0 aromatic carbocycles. The first kappa shape index (κ1) is 17.2. The van der Waals surface area contributed by atoms with Gasteiger partial charge in [0.05, 0.1) is 25.5 Å². The molecule has 2 saturated heterocycles. The van der Waals surface area contributed by atoms with Gasteiger partial charge < -0.3 is 15.0 Å². The zero-order valence-corrected chi connectivity index (χ0v) is 14.9. The van der Waals surface area contributed by atoms with Crippen molar-refractivity contribution in [2.75, 3.05) is 45.9 Å². The van der Waals surface area contributed by atoms with Gasteiger partial charge in [-0.25, -0.2) is 4.99 Å². The molecular formula is C18H29N5O. The summed E-state index contributed by atoms with van der Waals surface area (Å²) in [5.41, 5.74) is 2.25. The van der Waals surface area contributed by atoms with Crippen LogP contribution in [-0.2, 0) is 11.3 Å². The van der Waals surface area contributed by atoms with Crippen molar-refractivity contribution in [1.29, 1.82) is 0 Å². The van der Waals surface area contributed by atoms with E-state index in [1.807, 2.05) is 12.3 Å². The van der Waals surface area contributed by atoms with Gasteiger partial charge in [0.1, 0.15) is 0 Å². The van der Waals surface area contributed by atoms with Gasteiger partial charge in [0.2, 0.25) is 0 Å². The zero-order chi connectivity index (χ0) is 16.8. The molecule has 6 heteroatoms. The highest BCUT2D eigenvalue weighted by Gasteiger charge is 2.30. The number of hydrogen-bond acceptors (Lipinski definition) is 4. The molecule has 1 aromatic rings. The molecule has 3 rings (SSSR count). The molecule has 1 unspecified atom stereocenters. The molecule has 0 spiro atoms. The van der Waals surface area contributed by atoms with Crippen LogP contribution in [0.15, 0.2) is 23.3 Å². The standard InChI is InChI=1S/C18H29N5O/c1-3-19-18(21-13-17-15(2)5-4-7-20-17)23-8-6-16(14-23)22-9-11-24-12-10-22/h4-5,7,16H,3,6,8-14H2,1-2H3,(H,19,21). The zero-order valence-electron chi connectivity index (χ0n) is 14.9. The summed E-state index contributed by atoms with van der Waals surface area (Å²) >= 11 is 0. The van der Waals surface area contributed by atoms with E-state index in [2.05, 4.69) is 40.0 Å². The Morgan fingerprint density at radius 2 is 2.21 bits per heavy atom. The van der Waals surface area contributed by atoms with Crippen molar-refractivity contribution in [3.05, 3.63) is 29.6 Å². The van der Waals surface area contributed by atoms with E-state index in [-0.39, 0.29) is 0 Å². The van der Waals surface area contributed by atoms with Gasteiger partial charge in [-0.15, -0.1) is 0 Å². The van der Waals surface area contributed by atoms with Crippen LogP contribution in [0, 0.1) is 6.92 Å². The molecule has 132 valence electrons. The Hall–Kier alpha value is -1.66. The van der Waals surface area contributed by atoms with Crippen molar-refractivity contribution in [3.8, 4) is 0 Å². The topological polar surface area (TPSA) is 53.0 Å². The number of aliphatic imine (C=N–C) groups is 1. The molecule has 1 N–H and O–H groups in total. The first-order valence-electron chi connectivity index (χ1n) is 9.03. The lowest BCUT2D eigenvalue weighted by Crippen LogP contribution is -2.46. The van der Waals surface area contributed by atoms with Gasteiger partial charge >= 0.3 is 0 Å². The highest BCUT2D eigenvalue weighted by Crippen LogP contribution is 2.17. The summed E-state index contributed by atoms with van der Waals surface area (Å²) < 4.78 is 5.47. The van der Waals surface area contributed by atoms with E-state index in [4.69, 9.17) is 9.73 Å². The Morgan fingerprint density at radius 3 is 2.96 bits per heavy atom. The summed E-state index contributed by atoms with van der Waals surface area (Å²) in [6, 6.07) is 4.69. The van der Waals surface area contributed by atoms with Crippen LogP contribution >= 0.6 is 0 Å². The monoisotopic (exact) mass is 331 g/mol. The van der Waals surface area contributed by atoms with E-state index < -0.39 is 0 Å². The van der Waals surface area contributed by atoms with Crippen molar-refractivity contribution in [2.24, 2.45) is 4.99 Å². The Labute approximate surface area is 144 Å². The summed E-state index contributed by atoms with van der Waals surface area (Å²) in [5.74, 6) is 1.01. The number of aryl methyl sites for hydroxylation is 1. The average Bonchev–Trinajstić information content (AvgIpc) is 3.10. The third kappa shape index (κ3) is 4.24.